The molecule has 0 radical (unpaired) electrons. The van der Waals surface area contributed by atoms with Crippen molar-refractivity contribution in [2.75, 3.05) is 0 Å². The predicted molar refractivity (Wildman–Crippen MR) is 84.4 cm³/mol. The molecule has 0 N–H and O–H groups in total. The molecule has 6 atom stereocenters. The Labute approximate surface area is 144 Å². The first-order valence-electron chi connectivity index (χ1n) is 8.16. The monoisotopic (exact) mass is 348 g/mol. The molecule has 1 saturated heterocycles. The summed E-state index contributed by atoms with van der Waals surface area (Å²) in [6, 6.07) is 6.53. The number of carbonyl (C=O) groups is 3. The lowest BCUT2D eigenvalue weighted by Gasteiger charge is -2.24. The predicted octanol–water partition coefficient (Wildman–Crippen LogP) is 2.65. The molecule has 2 bridgehead atoms. The minimum Gasteiger partial charge on any atom is -0.462 e. The zero-order chi connectivity index (χ0) is 17.0. The fraction of sp³-hybridized carbons (Fsp3) is 0.500. The minimum absolute atomic E-state index is 0.0259. The third-order valence-corrected chi connectivity index (χ3v) is 5.76. The van der Waals surface area contributed by atoms with E-state index in [1.165, 1.54) is 0 Å². The van der Waals surface area contributed by atoms with Crippen LogP contribution < -0.4 is 0 Å². The Hall–Kier alpha value is -1.88. The summed E-state index contributed by atoms with van der Waals surface area (Å²) in [5.74, 6) is -1.67. The summed E-state index contributed by atoms with van der Waals surface area (Å²) in [6.45, 7) is 1.55. The van der Waals surface area contributed by atoms with E-state index in [9.17, 15) is 14.4 Å². The normalized spacial score (nSPS) is 34.1. The highest BCUT2D eigenvalue weighted by molar-refractivity contribution is 6.31. The van der Waals surface area contributed by atoms with E-state index in [0.29, 0.717) is 10.6 Å². The number of esters is 2. The average Bonchev–Trinajstić information content (AvgIpc) is 3.15. The summed E-state index contributed by atoms with van der Waals surface area (Å²) in [6.07, 6.45) is 0.617. The number of hydrogen-bond acceptors (Lipinski definition) is 5. The number of rotatable bonds is 4. The van der Waals surface area contributed by atoms with Crippen LogP contribution in [0.1, 0.15) is 30.1 Å². The van der Waals surface area contributed by atoms with Crippen molar-refractivity contribution >= 4 is 29.3 Å². The standard InChI is InChI=1S/C18H17ClO5/c1-8(16(20)9-3-2-4-11(19)5-9)23-17(21)14-10-6-12-13(7-10)24-18(22)15(12)14/h2-5,8,10,12-15H,6-7H2,1H3/t8-,10+,12+,13+,14+,15-/m0/s1. The molecule has 1 heterocycles. The van der Waals surface area contributed by atoms with Gasteiger partial charge in [0.05, 0.1) is 11.8 Å². The van der Waals surface area contributed by atoms with Gasteiger partial charge in [0, 0.05) is 16.5 Å². The Morgan fingerprint density at radius 2 is 2.12 bits per heavy atom. The van der Waals surface area contributed by atoms with Gasteiger partial charge in [-0.05, 0) is 37.8 Å². The van der Waals surface area contributed by atoms with Crippen LogP contribution in [0.15, 0.2) is 24.3 Å². The molecule has 3 fully saturated rings. The van der Waals surface area contributed by atoms with Crippen LogP contribution in [0.4, 0.5) is 0 Å². The molecule has 1 aliphatic heterocycles. The van der Waals surface area contributed by atoms with Crippen molar-refractivity contribution in [1.29, 1.82) is 0 Å². The second-order valence-electron chi connectivity index (χ2n) is 6.88. The largest absolute Gasteiger partial charge is 0.462 e. The summed E-state index contributed by atoms with van der Waals surface area (Å²) in [5.41, 5.74) is 0.399. The highest BCUT2D eigenvalue weighted by Crippen LogP contribution is 2.58. The molecule has 3 aliphatic rings. The van der Waals surface area contributed by atoms with E-state index in [4.69, 9.17) is 21.1 Å². The summed E-state index contributed by atoms with van der Waals surface area (Å²) >= 11 is 5.89. The Balaban J connectivity index is 1.46. The molecule has 4 rings (SSSR count). The van der Waals surface area contributed by atoms with Gasteiger partial charge in [-0.1, -0.05) is 23.7 Å². The van der Waals surface area contributed by atoms with Crippen LogP contribution in [0.2, 0.25) is 5.02 Å². The van der Waals surface area contributed by atoms with Crippen molar-refractivity contribution in [3.8, 4) is 0 Å². The molecule has 0 aromatic heterocycles. The lowest BCUT2D eigenvalue weighted by Crippen LogP contribution is -2.36. The number of ether oxygens (including phenoxy) is 2. The third-order valence-electron chi connectivity index (χ3n) is 5.53. The van der Waals surface area contributed by atoms with E-state index in [0.717, 1.165) is 12.8 Å². The molecule has 2 saturated carbocycles. The molecule has 5 nitrogen and oxygen atoms in total. The van der Waals surface area contributed by atoms with Crippen molar-refractivity contribution in [3.63, 3.8) is 0 Å². The SMILES string of the molecule is C[C@H](OC(=O)[C@@H]1[C@@H]2C[C@H]3[C@@H]1C(=O)O[C@@H]3C2)C(=O)c1cccc(Cl)c1. The van der Waals surface area contributed by atoms with Crippen LogP contribution in [0.3, 0.4) is 0 Å². The van der Waals surface area contributed by atoms with Crippen LogP contribution in [-0.4, -0.2) is 29.9 Å². The second-order valence-corrected chi connectivity index (χ2v) is 7.31. The number of benzene rings is 1. The van der Waals surface area contributed by atoms with E-state index >= 15 is 0 Å². The quantitative estimate of drug-likeness (QED) is 0.618. The van der Waals surface area contributed by atoms with E-state index < -0.39 is 23.9 Å². The number of ketones is 1. The number of hydrogen-bond donors (Lipinski definition) is 0. The highest BCUT2D eigenvalue weighted by atomic mass is 35.5. The van der Waals surface area contributed by atoms with Crippen LogP contribution in [-0.2, 0) is 19.1 Å². The highest BCUT2D eigenvalue weighted by Gasteiger charge is 2.64. The maximum absolute atomic E-state index is 12.6. The van der Waals surface area contributed by atoms with Crippen molar-refractivity contribution < 1.29 is 23.9 Å². The van der Waals surface area contributed by atoms with Gasteiger partial charge in [-0.3, -0.25) is 14.4 Å². The van der Waals surface area contributed by atoms with E-state index in [2.05, 4.69) is 0 Å². The van der Waals surface area contributed by atoms with Crippen LogP contribution >= 0.6 is 11.6 Å². The van der Waals surface area contributed by atoms with E-state index in [1.807, 2.05) is 0 Å². The lowest BCUT2D eigenvalue weighted by molar-refractivity contribution is -0.157. The zero-order valence-electron chi connectivity index (χ0n) is 13.1. The Kier molecular flexibility index (Phi) is 3.64. The second kappa shape index (κ2) is 5.59. The van der Waals surface area contributed by atoms with Gasteiger partial charge in [0.25, 0.3) is 0 Å². The first-order chi connectivity index (χ1) is 11.5. The topological polar surface area (TPSA) is 69.7 Å². The van der Waals surface area contributed by atoms with Gasteiger partial charge < -0.3 is 9.47 Å². The van der Waals surface area contributed by atoms with Gasteiger partial charge in [0.1, 0.15) is 6.10 Å². The molecular weight excluding hydrogens is 332 g/mol. The molecule has 0 amide bonds. The molecule has 126 valence electrons. The van der Waals surface area contributed by atoms with Crippen LogP contribution in [0.5, 0.6) is 0 Å². The molecule has 0 spiro atoms. The fourth-order valence-electron chi connectivity index (χ4n) is 4.51. The zero-order valence-corrected chi connectivity index (χ0v) is 13.9. The Bertz CT molecular complexity index is 728. The van der Waals surface area contributed by atoms with Crippen molar-refractivity contribution in [2.45, 2.75) is 32.0 Å². The van der Waals surface area contributed by atoms with E-state index in [-0.39, 0.29) is 29.7 Å². The van der Waals surface area contributed by atoms with Crippen LogP contribution in [0, 0.1) is 23.7 Å². The number of Topliss-reactive ketones (excluding diaryl/α,β-unsaturated/α-hetero) is 1. The smallest absolute Gasteiger partial charge is 0.310 e. The Morgan fingerprint density at radius 1 is 1.33 bits per heavy atom. The summed E-state index contributed by atoms with van der Waals surface area (Å²) in [5, 5.41) is 0.451. The summed E-state index contributed by atoms with van der Waals surface area (Å²) in [7, 11) is 0. The molecular formula is C18H17ClO5. The molecule has 0 unspecified atom stereocenters. The molecule has 24 heavy (non-hydrogen) atoms. The van der Waals surface area contributed by atoms with E-state index in [1.54, 1.807) is 31.2 Å². The first-order valence-corrected chi connectivity index (χ1v) is 8.54. The lowest BCUT2D eigenvalue weighted by atomic mass is 9.80. The van der Waals surface area contributed by atoms with Gasteiger partial charge >= 0.3 is 11.9 Å². The molecule has 1 aromatic carbocycles. The van der Waals surface area contributed by atoms with Gasteiger partial charge in [0.15, 0.2) is 6.10 Å². The van der Waals surface area contributed by atoms with Gasteiger partial charge in [-0.2, -0.15) is 0 Å². The molecule has 2 aliphatic carbocycles. The molecule has 1 aromatic rings. The summed E-state index contributed by atoms with van der Waals surface area (Å²) in [4.78, 5) is 37.0. The minimum atomic E-state index is -0.914. The van der Waals surface area contributed by atoms with Crippen molar-refractivity contribution in [3.05, 3.63) is 34.9 Å². The van der Waals surface area contributed by atoms with Gasteiger partial charge in [-0.15, -0.1) is 0 Å². The summed E-state index contributed by atoms with van der Waals surface area (Å²) < 4.78 is 10.7. The molecule has 6 heteroatoms. The maximum atomic E-state index is 12.6. The number of carbonyl (C=O) groups excluding carboxylic acids is 3. The maximum Gasteiger partial charge on any atom is 0.310 e. The first kappa shape index (κ1) is 15.6. The van der Waals surface area contributed by atoms with Crippen molar-refractivity contribution in [2.24, 2.45) is 23.7 Å². The Morgan fingerprint density at radius 3 is 2.88 bits per heavy atom. The van der Waals surface area contributed by atoms with Crippen molar-refractivity contribution in [1.82, 2.24) is 0 Å². The number of fused-ring (bicyclic) bond motifs is 1. The number of halogens is 1. The third kappa shape index (κ3) is 2.34. The van der Waals surface area contributed by atoms with Gasteiger partial charge in [0.2, 0.25) is 5.78 Å². The average molecular weight is 349 g/mol. The van der Waals surface area contributed by atoms with Crippen LogP contribution in [0.25, 0.3) is 0 Å². The van der Waals surface area contributed by atoms with Gasteiger partial charge in [-0.25, -0.2) is 0 Å². The fourth-order valence-corrected chi connectivity index (χ4v) is 4.70.